The normalized spacial score (nSPS) is 23.4. The number of hydrogen-bond acceptors (Lipinski definition) is 3. The van der Waals surface area contributed by atoms with Crippen LogP contribution in [0.2, 0.25) is 0 Å². The van der Waals surface area contributed by atoms with Gasteiger partial charge in [-0.3, -0.25) is 9.69 Å². The molecule has 94 valence electrons. The zero-order valence-corrected chi connectivity index (χ0v) is 11.1. The first-order chi connectivity index (χ1) is 7.46. The molecule has 3 nitrogen and oxygen atoms in total. The van der Waals surface area contributed by atoms with Gasteiger partial charge in [0.2, 0.25) is 0 Å². The minimum Gasteiger partial charge on any atom is -0.379 e. The van der Waals surface area contributed by atoms with Crippen LogP contribution in [0.3, 0.4) is 0 Å². The van der Waals surface area contributed by atoms with E-state index in [2.05, 4.69) is 18.7 Å². The molecule has 1 aliphatic heterocycles. The number of methoxy groups -OCH3 is 1. The van der Waals surface area contributed by atoms with Crippen molar-refractivity contribution < 1.29 is 9.53 Å². The molecule has 1 heterocycles. The molecule has 0 aromatic heterocycles. The van der Waals surface area contributed by atoms with E-state index in [1.807, 2.05) is 0 Å². The van der Waals surface area contributed by atoms with Crippen molar-refractivity contribution in [2.75, 3.05) is 20.2 Å². The Labute approximate surface area is 99.1 Å². The largest absolute Gasteiger partial charge is 0.379 e. The zero-order valence-electron chi connectivity index (χ0n) is 11.1. The molecule has 1 unspecified atom stereocenters. The summed E-state index contributed by atoms with van der Waals surface area (Å²) >= 11 is 0. The zero-order chi connectivity index (χ0) is 12.2. The number of hydrogen-bond donors (Lipinski definition) is 0. The molecule has 0 radical (unpaired) electrons. The van der Waals surface area contributed by atoms with Crippen molar-refractivity contribution in [2.24, 2.45) is 0 Å². The first-order valence-corrected chi connectivity index (χ1v) is 6.26. The lowest BCUT2D eigenvalue weighted by Crippen LogP contribution is -2.45. The van der Waals surface area contributed by atoms with E-state index < -0.39 is 0 Å². The molecular formula is C13H25NO2. The molecule has 0 bridgehead atoms. The summed E-state index contributed by atoms with van der Waals surface area (Å²) < 4.78 is 5.41. The molecule has 0 aliphatic carbocycles. The van der Waals surface area contributed by atoms with Crippen molar-refractivity contribution >= 4 is 5.78 Å². The van der Waals surface area contributed by atoms with Crippen LogP contribution in [-0.4, -0.2) is 42.5 Å². The molecule has 0 amide bonds. The number of likely N-dealkylation sites (tertiary alicyclic amines) is 1. The Bertz CT molecular complexity index is 238. The van der Waals surface area contributed by atoms with Gasteiger partial charge in [-0.1, -0.05) is 6.42 Å². The fourth-order valence-corrected chi connectivity index (χ4v) is 2.23. The quantitative estimate of drug-likeness (QED) is 0.721. The van der Waals surface area contributed by atoms with E-state index in [1.54, 1.807) is 14.0 Å². The van der Waals surface area contributed by atoms with Gasteiger partial charge in [0.25, 0.3) is 0 Å². The monoisotopic (exact) mass is 227 g/mol. The summed E-state index contributed by atoms with van der Waals surface area (Å²) in [7, 11) is 1.75. The summed E-state index contributed by atoms with van der Waals surface area (Å²) in [4.78, 5) is 13.9. The summed E-state index contributed by atoms with van der Waals surface area (Å²) in [6, 6.07) is 0.154. The fourth-order valence-electron chi connectivity index (χ4n) is 2.23. The van der Waals surface area contributed by atoms with Crippen molar-refractivity contribution in [3.05, 3.63) is 0 Å². The van der Waals surface area contributed by atoms with Gasteiger partial charge in [0.15, 0.2) is 0 Å². The minimum atomic E-state index is -0.0845. The number of ketones is 1. The Kier molecular flexibility index (Phi) is 4.93. The van der Waals surface area contributed by atoms with Gasteiger partial charge in [0.05, 0.1) is 11.6 Å². The maximum Gasteiger partial charge on any atom is 0.146 e. The molecule has 3 heteroatoms. The van der Waals surface area contributed by atoms with E-state index in [1.165, 1.54) is 12.8 Å². The van der Waals surface area contributed by atoms with Crippen LogP contribution >= 0.6 is 0 Å². The third-order valence-electron chi connectivity index (χ3n) is 3.64. The van der Waals surface area contributed by atoms with Crippen LogP contribution in [-0.2, 0) is 9.53 Å². The topological polar surface area (TPSA) is 29.5 Å². The standard InChI is InChI=1S/C13H25NO2/c1-11(15)12-7-5-6-9-14(12)10-8-13(2,3)16-4/h12H,5-10H2,1-4H3. The molecule has 1 aliphatic rings. The lowest BCUT2D eigenvalue weighted by Gasteiger charge is -2.36. The van der Waals surface area contributed by atoms with Crippen LogP contribution in [0, 0.1) is 0 Å². The molecule has 1 saturated heterocycles. The molecule has 0 N–H and O–H groups in total. The summed E-state index contributed by atoms with van der Waals surface area (Å²) in [6.07, 6.45) is 4.42. The molecule has 1 rings (SSSR count). The number of rotatable bonds is 5. The lowest BCUT2D eigenvalue weighted by atomic mass is 9.97. The minimum absolute atomic E-state index is 0.0845. The van der Waals surface area contributed by atoms with Gasteiger partial charge in [-0.2, -0.15) is 0 Å². The van der Waals surface area contributed by atoms with Gasteiger partial charge in [0.1, 0.15) is 5.78 Å². The summed E-state index contributed by atoms with van der Waals surface area (Å²) in [5.74, 6) is 0.315. The van der Waals surface area contributed by atoms with Gasteiger partial charge < -0.3 is 4.74 Å². The summed E-state index contributed by atoms with van der Waals surface area (Å²) in [5.41, 5.74) is -0.0845. The number of nitrogens with zero attached hydrogens (tertiary/aromatic N) is 1. The number of ether oxygens (including phenoxy) is 1. The Morgan fingerprint density at radius 3 is 2.69 bits per heavy atom. The van der Waals surface area contributed by atoms with Gasteiger partial charge in [-0.15, -0.1) is 0 Å². The number of carbonyl (C=O) groups excluding carboxylic acids is 1. The lowest BCUT2D eigenvalue weighted by molar-refractivity contribution is -0.123. The van der Waals surface area contributed by atoms with E-state index in [4.69, 9.17) is 4.74 Å². The maximum atomic E-state index is 11.5. The fraction of sp³-hybridized carbons (Fsp3) is 0.923. The summed E-state index contributed by atoms with van der Waals surface area (Å²) in [5, 5.41) is 0. The van der Waals surface area contributed by atoms with E-state index in [0.29, 0.717) is 5.78 Å². The predicted octanol–water partition coefficient (Wildman–Crippen LogP) is 2.25. The van der Waals surface area contributed by atoms with Crippen LogP contribution < -0.4 is 0 Å². The highest BCUT2D eigenvalue weighted by molar-refractivity contribution is 5.81. The first-order valence-electron chi connectivity index (χ1n) is 6.26. The number of piperidine rings is 1. The smallest absolute Gasteiger partial charge is 0.146 e. The highest BCUT2D eigenvalue weighted by Crippen LogP contribution is 2.21. The van der Waals surface area contributed by atoms with Crippen LogP contribution in [0.25, 0.3) is 0 Å². The Hall–Kier alpha value is -0.410. The molecule has 0 saturated carbocycles. The van der Waals surface area contributed by atoms with E-state index in [9.17, 15) is 4.79 Å². The van der Waals surface area contributed by atoms with Gasteiger partial charge in [-0.25, -0.2) is 0 Å². The molecular weight excluding hydrogens is 202 g/mol. The van der Waals surface area contributed by atoms with Gasteiger partial charge >= 0.3 is 0 Å². The average molecular weight is 227 g/mol. The molecule has 16 heavy (non-hydrogen) atoms. The van der Waals surface area contributed by atoms with Crippen molar-refractivity contribution in [3.63, 3.8) is 0 Å². The molecule has 1 atom stereocenters. The van der Waals surface area contributed by atoms with Crippen molar-refractivity contribution in [1.82, 2.24) is 4.90 Å². The highest BCUT2D eigenvalue weighted by Gasteiger charge is 2.27. The predicted molar refractivity (Wildman–Crippen MR) is 65.6 cm³/mol. The second-order valence-electron chi connectivity index (χ2n) is 5.37. The average Bonchev–Trinajstić information content (AvgIpc) is 2.27. The molecule has 1 fully saturated rings. The third kappa shape index (κ3) is 3.87. The van der Waals surface area contributed by atoms with Crippen molar-refractivity contribution in [2.45, 2.75) is 58.1 Å². The van der Waals surface area contributed by atoms with Crippen LogP contribution in [0.4, 0.5) is 0 Å². The van der Waals surface area contributed by atoms with E-state index >= 15 is 0 Å². The van der Waals surface area contributed by atoms with E-state index in [0.717, 1.165) is 25.9 Å². The second kappa shape index (κ2) is 5.78. The van der Waals surface area contributed by atoms with E-state index in [-0.39, 0.29) is 11.6 Å². The van der Waals surface area contributed by atoms with Gasteiger partial charge in [-0.05, 0) is 46.6 Å². The Morgan fingerprint density at radius 2 is 2.12 bits per heavy atom. The number of Topliss-reactive ketones (excluding diaryl/α,β-unsaturated/α-hetero) is 1. The van der Waals surface area contributed by atoms with Crippen LogP contribution in [0.15, 0.2) is 0 Å². The maximum absolute atomic E-state index is 11.5. The Morgan fingerprint density at radius 1 is 1.44 bits per heavy atom. The second-order valence-corrected chi connectivity index (χ2v) is 5.37. The number of carbonyl (C=O) groups is 1. The summed E-state index contributed by atoms with van der Waals surface area (Å²) in [6.45, 7) is 7.93. The molecule has 0 aromatic rings. The highest BCUT2D eigenvalue weighted by atomic mass is 16.5. The third-order valence-corrected chi connectivity index (χ3v) is 3.64. The van der Waals surface area contributed by atoms with Crippen molar-refractivity contribution in [1.29, 1.82) is 0 Å². The van der Waals surface area contributed by atoms with Crippen LogP contribution in [0.1, 0.15) is 46.5 Å². The SMILES string of the molecule is COC(C)(C)CCN1CCCCC1C(C)=O. The van der Waals surface area contributed by atoms with Crippen LogP contribution in [0.5, 0.6) is 0 Å². The Balaban J connectivity index is 2.47. The van der Waals surface area contributed by atoms with Crippen molar-refractivity contribution in [3.8, 4) is 0 Å². The van der Waals surface area contributed by atoms with Gasteiger partial charge in [0, 0.05) is 13.7 Å². The first kappa shape index (κ1) is 13.7. The molecule has 0 spiro atoms. The molecule has 0 aromatic carbocycles.